The van der Waals surface area contributed by atoms with E-state index in [0.29, 0.717) is 33.4 Å². The molecule has 12 aromatic rings. The molecule has 0 amide bonds. The predicted molar refractivity (Wildman–Crippen MR) is 617 cm³/mol. The quantitative estimate of drug-likeness (QED) is 0.0431. The number of hydrogen-bond acceptors (Lipinski definition) is 15. The molecule has 18 heteroatoms. The van der Waals surface area contributed by atoms with E-state index < -0.39 is 23.0 Å². The van der Waals surface area contributed by atoms with Gasteiger partial charge in [0.2, 0.25) is 0 Å². The number of para-hydroxylation sites is 6. The lowest BCUT2D eigenvalue weighted by Gasteiger charge is -2.34. The molecule has 1 aliphatic rings. The summed E-state index contributed by atoms with van der Waals surface area (Å²) in [5, 5.41) is 0. The zero-order chi connectivity index (χ0) is 105. The van der Waals surface area contributed by atoms with Crippen LogP contribution in [0.4, 0.5) is 34.1 Å². The molecule has 0 saturated carbocycles. The van der Waals surface area contributed by atoms with E-state index in [1.165, 1.54) is 0 Å². The Balaban J connectivity index is 1.22. The summed E-state index contributed by atoms with van der Waals surface area (Å²) >= 11 is 0. The Morgan fingerprint density at radius 1 is 0.160 bits per heavy atom. The summed E-state index contributed by atoms with van der Waals surface area (Å²) in [5.41, 5.74) is 18.7. The molecule has 1 heterocycles. The maximum absolute atomic E-state index is 8.25. The lowest BCUT2D eigenvalue weighted by molar-refractivity contribution is 0.442. The second kappa shape index (κ2) is 41.6. The highest BCUT2D eigenvalue weighted by Crippen LogP contribution is 2.79. The summed E-state index contributed by atoms with van der Waals surface area (Å²) in [6.07, 6.45) is 11.0. The summed E-state index contributed by atoms with van der Waals surface area (Å²) in [6.45, 7) is 80.3. The monoisotopic (exact) mass is 1980 g/mol. The third-order valence-corrected chi connectivity index (χ3v) is 33.5. The van der Waals surface area contributed by atoms with Gasteiger partial charge >= 0.3 is 23.0 Å². The first-order chi connectivity index (χ1) is 66.7. The lowest BCUT2D eigenvalue weighted by Crippen LogP contribution is -2.16. The van der Waals surface area contributed by atoms with Crippen LogP contribution in [0.3, 0.4) is 0 Å². The van der Waals surface area contributed by atoms with Crippen molar-refractivity contribution >= 4 is 94.4 Å². The van der Waals surface area contributed by atoms with E-state index in [1.54, 1.807) is 0 Å². The molecule has 0 spiro atoms. The van der Waals surface area contributed by atoms with Gasteiger partial charge in [0, 0.05) is 70.7 Å². The van der Waals surface area contributed by atoms with Gasteiger partial charge in [-0.2, -0.15) is 0 Å². The summed E-state index contributed by atoms with van der Waals surface area (Å²) in [5.74, 6) is 1.59. The van der Waals surface area contributed by atoms with Gasteiger partial charge in [-0.05, 0) is 277 Å². The van der Waals surface area contributed by atoms with Crippen LogP contribution in [-0.4, -0.2) is 37.3 Å². The highest BCUT2D eigenvalue weighted by Gasteiger charge is 2.51. The summed E-state index contributed by atoms with van der Waals surface area (Å²) in [6, 6.07) is 86.1. The van der Waals surface area contributed by atoms with Crippen molar-refractivity contribution in [2.24, 2.45) is 43.5 Å². The first-order valence-electron chi connectivity index (χ1n) is 50.5. The van der Waals surface area contributed by atoms with Crippen LogP contribution >= 0.6 is 23.0 Å². The summed E-state index contributed by atoms with van der Waals surface area (Å²) < 4.78 is 68.1. The Hall–Kier alpha value is -11.9. The van der Waals surface area contributed by atoms with Gasteiger partial charge in [-0.15, -0.1) is 0 Å². The zero-order valence-electron chi connectivity index (χ0n) is 92.5. The molecule has 0 saturated heterocycles. The van der Waals surface area contributed by atoms with Crippen molar-refractivity contribution < 1.29 is 27.1 Å². The van der Waals surface area contributed by atoms with Crippen LogP contribution in [-0.2, 0) is 65.0 Å². The van der Waals surface area contributed by atoms with Crippen molar-refractivity contribution in [2.45, 2.75) is 314 Å². The molecule has 12 aromatic carbocycles. The highest BCUT2D eigenvalue weighted by atomic mass is 31.3. The van der Waals surface area contributed by atoms with Gasteiger partial charge in [-0.3, -0.25) is 30.0 Å². The minimum Gasteiger partial charge on any atom is -0.413 e. The van der Waals surface area contributed by atoms with Gasteiger partial charge in [-0.1, -0.05) is 372 Å². The number of benzene rings is 12. The van der Waals surface area contributed by atoms with E-state index in [4.69, 9.17) is 70.6 Å². The van der Waals surface area contributed by atoms with Crippen molar-refractivity contribution in [1.82, 2.24) is 0 Å². The molecule has 0 fully saturated rings. The molecule has 1 aliphatic heterocycles. The molecule has 756 valence electrons. The topological polar surface area (TPSA) is 167 Å². The van der Waals surface area contributed by atoms with E-state index in [-0.39, 0.29) is 99.5 Å². The van der Waals surface area contributed by atoms with Gasteiger partial charge < -0.3 is 27.1 Å². The van der Waals surface area contributed by atoms with Crippen LogP contribution in [0, 0.1) is 0 Å². The van der Waals surface area contributed by atoms with Gasteiger partial charge in [-0.25, -0.2) is 0 Å². The maximum Gasteiger partial charge on any atom is 0.460 e. The largest absolute Gasteiger partial charge is 0.460 e. The standard InChI is InChI=1S/C126H156N9O6P3/c1-115(2,3)91-61-92(116(4,5)6)68-103(67-91)127-79-85-49-37-43-55-109(85)136-142(137-110-56-44-38-50-86(110)80-128-104-69-93(117(7,8)9)62-94(70-104)118(10,11)12)133-143(138-111-57-45-39-51-87(111)81-129-105-71-95(119(13,14)15)63-96(72-105)120(16,17)18,139-112-58-46-40-52-88(112)82-130-106-73-97(121(19,20)21)64-98(74-106)122(22,23)24)135-144(134-142,140-113-59-47-41-53-89(113)83-131-107-75-99(123(25,26)27)65-100(76-107)124(28,29)30)141-114-60-48-42-54-90(114)84-132-108-77-101(125(31,32)33)66-102(78-108)126(34,35)36/h37-84H,1-36H3. The van der Waals surface area contributed by atoms with Gasteiger partial charge in [0.15, 0.2) is 0 Å². The molecule has 15 nitrogen and oxygen atoms in total. The average Bonchev–Trinajstić information content (AvgIpc) is 0.720. The minimum atomic E-state index is -4.98. The lowest BCUT2D eigenvalue weighted by atomic mass is 9.80. The van der Waals surface area contributed by atoms with E-state index in [1.807, 2.05) is 183 Å². The fourth-order valence-electron chi connectivity index (χ4n) is 15.7. The second-order valence-corrected chi connectivity index (χ2v) is 56.9. The Bertz CT molecular complexity index is 5830. The van der Waals surface area contributed by atoms with E-state index in [2.05, 4.69) is 358 Å². The molecule has 144 heavy (non-hydrogen) atoms. The third kappa shape index (κ3) is 28.5. The number of nitrogens with zero attached hydrogens (tertiary/aromatic N) is 9. The van der Waals surface area contributed by atoms with E-state index in [0.717, 1.165) is 101 Å². The SMILES string of the molecule is CC(C)(C)c1cc(N=Cc2ccccc2OP2(Oc3ccccc3C=Nc3cc(C(C)(C)C)cc(C(C)(C)C)c3)=NP(Oc3ccccc3C=Nc3cc(C(C)(C)C)cc(C(C)(C)C)c3)(Oc3ccccc3C=Nc3cc(C(C)(C)C)cc(C(C)(C)C)c3)=NP(Oc3ccccc3C=Nc3cc(C(C)(C)C)cc(C(C)(C)C)c3)(Oc3ccccc3C=Nc3cc(C(C)(C)C)cc(C(C)(C)C)c3)=N2)cc(C(C)(C)C)c1. The maximum atomic E-state index is 8.25. The normalized spacial score (nSPS) is 16.8. The smallest absolute Gasteiger partial charge is 0.413 e. The molecule has 0 radical (unpaired) electrons. The van der Waals surface area contributed by atoms with Crippen LogP contribution in [0.25, 0.3) is 0 Å². The molecular weight excluding hydrogens is 1830 g/mol. The Morgan fingerprint density at radius 3 is 0.368 bits per heavy atom. The first-order valence-corrected chi connectivity index (χ1v) is 55.1. The fourth-order valence-corrected chi connectivity index (χ4v) is 24.9. The van der Waals surface area contributed by atoms with Crippen LogP contribution in [0.5, 0.6) is 34.5 Å². The number of hydrogen-bond donors (Lipinski definition) is 0. The number of aliphatic imine (C=N–C) groups is 6. The minimum absolute atomic E-state index is 0.228. The van der Waals surface area contributed by atoms with Crippen molar-refractivity contribution in [2.75, 3.05) is 0 Å². The highest BCUT2D eigenvalue weighted by molar-refractivity contribution is 7.79. The molecular formula is C126H156N9O6P3. The molecule has 0 aromatic heterocycles. The third-order valence-electron chi connectivity index (χ3n) is 25.5. The summed E-state index contributed by atoms with van der Waals surface area (Å²) in [4.78, 5) is 32.6. The van der Waals surface area contributed by atoms with E-state index in [9.17, 15) is 0 Å². The van der Waals surface area contributed by atoms with E-state index >= 15 is 0 Å². The van der Waals surface area contributed by atoms with Crippen molar-refractivity contribution in [1.29, 1.82) is 0 Å². The molecule has 0 unspecified atom stereocenters. The molecule has 0 atom stereocenters. The second-order valence-electron chi connectivity index (χ2n) is 50.7. The molecule has 0 N–H and O–H groups in total. The molecule has 13 rings (SSSR count). The van der Waals surface area contributed by atoms with Crippen LogP contribution in [0.1, 0.15) is 349 Å². The van der Waals surface area contributed by atoms with Crippen molar-refractivity contribution in [3.63, 3.8) is 0 Å². The molecule has 0 bridgehead atoms. The number of rotatable bonds is 24. The van der Waals surface area contributed by atoms with Crippen LogP contribution in [0.2, 0.25) is 0 Å². The predicted octanol–water partition coefficient (Wildman–Crippen LogP) is 38.4. The first kappa shape index (κ1) is 109. The fraction of sp³-hybridized carbons (Fsp3) is 0.381. The Labute approximate surface area is 862 Å². The zero-order valence-corrected chi connectivity index (χ0v) is 95.2. The summed E-state index contributed by atoms with van der Waals surface area (Å²) in [7, 11) is -14.9. The van der Waals surface area contributed by atoms with Gasteiger partial charge in [0.1, 0.15) is 34.5 Å². The van der Waals surface area contributed by atoms with Crippen LogP contribution in [0.15, 0.2) is 298 Å². The Morgan fingerprint density at radius 2 is 0.264 bits per heavy atom. The van der Waals surface area contributed by atoms with Gasteiger partial charge in [0.05, 0.1) is 34.1 Å². The Kier molecular flexibility index (Phi) is 31.6. The van der Waals surface area contributed by atoms with Crippen molar-refractivity contribution in [3.8, 4) is 34.5 Å². The molecule has 0 aliphatic carbocycles. The van der Waals surface area contributed by atoms with Gasteiger partial charge in [0.25, 0.3) is 0 Å². The van der Waals surface area contributed by atoms with Crippen LogP contribution < -0.4 is 27.1 Å². The average molecular weight is 1990 g/mol. The van der Waals surface area contributed by atoms with Crippen molar-refractivity contribution in [3.05, 3.63) is 355 Å².